The highest BCUT2D eigenvalue weighted by atomic mass is 16.5. The Balaban J connectivity index is 1.53. The van der Waals surface area contributed by atoms with Crippen LogP contribution in [0.15, 0.2) is 82.0 Å². The number of aryl methyl sites for hydroxylation is 1. The van der Waals surface area contributed by atoms with Crippen LogP contribution >= 0.6 is 0 Å². The molecule has 1 aromatic heterocycles. The first-order valence-electron chi connectivity index (χ1n) is 12.7. The summed E-state index contributed by atoms with van der Waals surface area (Å²) in [4.78, 5) is 29.1. The first kappa shape index (κ1) is 24.8. The Morgan fingerprint density at radius 1 is 0.973 bits per heavy atom. The molecule has 0 spiro atoms. The Morgan fingerprint density at radius 2 is 1.78 bits per heavy atom. The van der Waals surface area contributed by atoms with E-state index in [4.69, 9.17) is 13.9 Å². The molecule has 1 aliphatic rings. The Labute approximate surface area is 216 Å². The van der Waals surface area contributed by atoms with Crippen molar-refractivity contribution in [2.75, 3.05) is 13.2 Å². The molecule has 0 N–H and O–H groups in total. The highest BCUT2D eigenvalue weighted by Crippen LogP contribution is 2.39. The van der Waals surface area contributed by atoms with Gasteiger partial charge in [-0.2, -0.15) is 0 Å². The van der Waals surface area contributed by atoms with Crippen LogP contribution in [0.4, 0.5) is 0 Å². The first-order valence-corrected chi connectivity index (χ1v) is 12.7. The van der Waals surface area contributed by atoms with Gasteiger partial charge in [0.15, 0.2) is 5.43 Å². The van der Waals surface area contributed by atoms with Gasteiger partial charge < -0.3 is 18.8 Å². The number of nitrogens with zero attached hydrogens (tertiary/aromatic N) is 1. The van der Waals surface area contributed by atoms with Crippen LogP contribution in [-0.2, 0) is 11.3 Å². The number of benzene rings is 3. The van der Waals surface area contributed by atoms with Crippen molar-refractivity contribution in [3.8, 4) is 5.75 Å². The third-order valence-electron chi connectivity index (χ3n) is 6.54. The Morgan fingerprint density at radius 3 is 2.57 bits per heavy atom. The quantitative estimate of drug-likeness (QED) is 0.264. The number of amides is 1. The Bertz CT molecular complexity index is 1470. The molecule has 5 rings (SSSR count). The monoisotopic (exact) mass is 497 g/mol. The summed E-state index contributed by atoms with van der Waals surface area (Å²) in [5, 5.41) is 0.484. The van der Waals surface area contributed by atoms with E-state index in [2.05, 4.69) is 0 Å². The van der Waals surface area contributed by atoms with E-state index in [1.807, 2.05) is 87.5 Å². The third-order valence-corrected chi connectivity index (χ3v) is 6.54. The zero-order valence-corrected chi connectivity index (χ0v) is 21.4. The van der Waals surface area contributed by atoms with Crippen molar-refractivity contribution in [2.24, 2.45) is 0 Å². The first-order chi connectivity index (χ1) is 17.9. The minimum Gasteiger partial charge on any atom is -0.489 e. The molecule has 4 aromatic rings. The fraction of sp³-hybridized carbons (Fsp3) is 0.290. The molecule has 0 saturated carbocycles. The lowest BCUT2D eigenvalue weighted by Crippen LogP contribution is -2.31. The van der Waals surface area contributed by atoms with E-state index in [0.29, 0.717) is 48.5 Å². The molecule has 2 heterocycles. The van der Waals surface area contributed by atoms with E-state index in [1.54, 1.807) is 11.0 Å². The molecule has 1 aliphatic heterocycles. The molecule has 0 bridgehead atoms. The fourth-order valence-electron chi connectivity index (χ4n) is 4.78. The minimum atomic E-state index is -0.567. The van der Waals surface area contributed by atoms with Gasteiger partial charge in [0.05, 0.1) is 23.1 Å². The topological polar surface area (TPSA) is 69.0 Å². The van der Waals surface area contributed by atoms with Gasteiger partial charge >= 0.3 is 0 Å². The number of carbonyl (C=O) groups is 1. The number of ether oxygens (including phenoxy) is 2. The van der Waals surface area contributed by atoms with E-state index in [1.165, 1.54) is 0 Å². The van der Waals surface area contributed by atoms with Gasteiger partial charge in [-0.05, 0) is 62.6 Å². The summed E-state index contributed by atoms with van der Waals surface area (Å²) >= 11 is 0. The summed E-state index contributed by atoms with van der Waals surface area (Å²) in [6.07, 6.45) is 0.753. The summed E-state index contributed by atoms with van der Waals surface area (Å²) in [5.74, 6) is 0.512. The van der Waals surface area contributed by atoms with Gasteiger partial charge in [0.1, 0.15) is 17.9 Å². The standard InChI is InChI=1S/C31H31NO5/c1-20(2)35-16-8-15-32-28(23-11-7-12-24(18-23)36-19-22-9-5-4-6-10-22)27-29(33)25-17-21(3)13-14-26(25)37-30(27)31(32)34/h4-7,9-14,17-18,20,28H,8,15-16,19H2,1-3H3. The van der Waals surface area contributed by atoms with Crippen molar-refractivity contribution in [2.45, 2.75) is 45.9 Å². The fourth-order valence-corrected chi connectivity index (χ4v) is 4.78. The van der Waals surface area contributed by atoms with Gasteiger partial charge in [-0.3, -0.25) is 9.59 Å². The number of hydrogen-bond donors (Lipinski definition) is 0. The lowest BCUT2D eigenvalue weighted by Gasteiger charge is -2.25. The smallest absolute Gasteiger partial charge is 0.290 e. The van der Waals surface area contributed by atoms with E-state index in [9.17, 15) is 9.59 Å². The van der Waals surface area contributed by atoms with Crippen LogP contribution < -0.4 is 10.2 Å². The Kier molecular flexibility index (Phi) is 7.10. The largest absolute Gasteiger partial charge is 0.489 e. The average Bonchev–Trinajstić information content (AvgIpc) is 3.18. The van der Waals surface area contributed by atoms with Crippen LogP contribution in [0.25, 0.3) is 11.0 Å². The highest BCUT2D eigenvalue weighted by Gasteiger charge is 2.42. The second-order valence-electron chi connectivity index (χ2n) is 9.69. The third kappa shape index (κ3) is 5.16. The molecule has 1 atom stereocenters. The second kappa shape index (κ2) is 10.6. The van der Waals surface area contributed by atoms with Crippen molar-refractivity contribution >= 4 is 16.9 Å². The van der Waals surface area contributed by atoms with Gasteiger partial charge in [-0.1, -0.05) is 54.1 Å². The van der Waals surface area contributed by atoms with Crippen molar-refractivity contribution in [3.63, 3.8) is 0 Å². The molecule has 6 heteroatoms. The minimum absolute atomic E-state index is 0.109. The molecular weight excluding hydrogens is 466 g/mol. The summed E-state index contributed by atoms with van der Waals surface area (Å²) in [5.41, 5.74) is 3.46. The maximum Gasteiger partial charge on any atom is 0.290 e. The van der Waals surface area contributed by atoms with Crippen LogP contribution in [0, 0.1) is 6.92 Å². The Hall–Kier alpha value is -3.90. The van der Waals surface area contributed by atoms with Gasteiger partial charge in [-0.25, -0.2) is 0 Å². The molecule has 3 aromatic carbocycles. The zero-order valence-electron chi connectivity index (χ0n) is 21.4. The molecule has 1 unspecified atom stereocenters. The van der Waals surface area contributed by atoms with Gasteiger partial charge in [0.2, 0.25) is 5.76 Å². The molecule has 1 amide bonds. The lowest BCUT2D eigenvalue weighted by atomic mass is 9.98. The molecule has 190 valence electrons. The molecule has 0 fully saturated rings. The van der Waals surface area contributed by atoms with Crippen molar-refractivity contribution in [1.29, 1.82) is 0 Å². The van der Waals surface area contributed by atoms with E-state index in [-0.39, 0.29) is 23.2 Å². The molecule has 0 aliphatic carbocycles. The molecule has 37 heavy (non-hydrogen) atoms. The van der Waals surface area contributed by atoms with Crippen LogP contribution in [0.5, 0.6) is 5.75 Å². The number of hydrogen-bond acceptors (Lipinski definition) is 5. The predicted molar refractivity (Wildman–Crippen MR) is 143 cm³/mol. The SMILES string of the molecule is Cc1ccc2oc3c(c(=O)c2c1)C(c1cccc(OCc2ccccc2)c1)N(CCCOC(C)C)C3=O. The van der Waals surface area contributed by atoms with Crippen LogP contribution in [0.2, 0.25) is 0 Å². The number of carbonyl (C=O) groups excluding carboxylic acids is 1. The summed E-state index contributed by atoms with van der Waals surface area (Å²) in [7, 11) is 0. The number of rotatable bonds is 9. The molecule has 0 saturated heterocycles. The van der Waals surface area contributed by atoms with Gasteiger partial charge in [0, 0.05) is 13.2 Å². The van der Waals surface area contributed by atoms with E-state index < -0.39 is 6.04 Å². The summed E-state index contributed by atoms with van der Waals surface area (Å²) in [6, 6.07) is 22.4. The van der Waals surface area contributed by atoms with E-state index in [0.717, 1.165) is 16.7 Å². The summed E-state index contributed by atoms with van der Waals surface area (Å²) < 4.78 is 17.8. The molecular formula is C31H31NO5. The van der Waals surface area contributed by atoms with Crippen LogP contribution in [0.3, 0.4) is 0 Å². The second-order valence-corrected chi connectivity index (χ2v) is 9.69. The number of fused-ring (bicyclic) bond motifs is 2. The molecule has 0 radical (unpaired) electrons. The highest BCUT2D eigenvalue weighted by molar-refractivity contribution is 5.99. The van der Waals surface area contributed by atoms with Gasteiger partial charge in [-0.15, -0.1) is 0 Å². The van der Waals surface area contributed by atoms with Crippen LogP contribution in [0.1, 0.15) is 59.1 Å². The summed E-state index contributed by atoms with van der Waals surface area (Å²) in [6.45, 7) is 7.28. The van der Waals surface area contributed by atoms with Crippen LogP contribution in [-0.4, -0.2) is 30.1 Å². The lowest BCUT2D eigenvalue weighted by molar-refractivity contribution is 0.0593. The maximum atomic E-state index is 13.8. The van der Waals surface area contributed by atoms with Crippen molar-refractivity contribution in [1.82, 2.24) is 4.90 Å². The normalized spacial score (nSPS) is 15.0. The maximum absolute atomic E-state index is 13.8. The van der Waals surface area contributed by atoms with Gasteiger partial charge in [0.25, 0.3) is 5.91 Å². The molecule has 6 nitrogen and oxygen atoms in total. The predicted octanol–water partition coefficient (Wildman–Crippen LogP) is 6.04. The van der Waals surface area contributed by atoms with E-state index >= 15 is 0 Å². The zero-order chi connectivity index (χ0) is 25.9. The van der Waals surface area contributed by atoms with Crippen molar-refractivity contribution < 1.29 is 18.7 Å². The average molecular weight is 498 g/mol. The van der Waals surface area contributed by atoms with Crippen molar-refractivity contribution in [3.05, 3.63) is 111 Å².